The first-order chi connectivity index (χ1) is 7.29. The van der Waals surface area contributed by atoms with Crippen LogP contribution >= 0.6 is 23.7 Å². The SMILES string of the molecule is CNC(C)Cc1noc(-c2cccs2)n1.Cl. The van der Waals surface area contributed by atoms with Crippen LogP contribution in [0.2, 0.25) is 0 Å². The summed E-state index contributed by atoms with van der Waals surface area (Å²) in [5.41, 5.74) is 0. The molecule has 0 amide bonds. The molecule has 0 bridgehead atoms. The van der Waals surface area contributed by atoms with Crippen molar-refractivity contribution in [1.29, 1.82) is 0 Å². The van der Waals surface area contributed by atoms with Crippen molar-refractivity contribution in [3.63, 3.8) is 0 Å². The molecule has 6 heteroatoms. The molecular formula is C10H14ClN3OS. The van der Waals surface area contributed by atoms with E-state index in [1.54, 1.807) is 11.3 Å². The highest BCUT2D eigenvalue weighted by atomic mass is 35.5. The van der Waals surface area contributed by atoms with Crippen LogP contribution in [0.4, 0.5) is 0 Å². The van der Waals surface area contributed by atoms with Crippen molar-refractivity contribution in [3.8, 4) is 10.8 Å². The summed E-state index contributed by atoms with van der Waals surface area (Å²) in [7, 11) is 1.92. The monoisotopic (exact) mass is 259 g/mol. The van der Waals surface area contributed by atoms with Gasteiger partial charge in [-0.1, -0.05) is 11.2 Å². The minimum Gasteiger partial charge on any atom is -0.333 e. The first kappa shape index (κ1) is 13.2. The standard InChI is InChI=1S/C10H13N3OS.ClH/c1-7(11-2)6-9-12-10(14-13-9)8-4-3-5-15-8;/h3-5,7,11H,6H2,1-2H3;1H. The van der Waals surface area contributed by atoms with Crippen LogP contribution in [0, 0.1) is 0 Å². The average molecular weight is 260 g/mol. The van der Waals surface area contributed by atoms with E-state index in [0.29, 0.717) is 11.9 Å². The normalized spacial score (nSPS) is 12.1. The Hall–Kier alpha value is -0.910. The first-order valence-electron chi connectivity index (χ1n) is 4.83. The van der Waals surface area contributed by atoms with Gasteiger partial charge in [0.1, 0.15) is 0 Å². The van der Waals surface area contributed by atoms with Gasteiger partial charge >= 0.3 is 0 Å². The van der Waals surface area contributed by atoms with Gasteiger partial charge in [-0.05, 0) is 25.4 Å². The van der Waals surface area contributed by atoms with Crippen LogP contribution in [0.5, 0.6) is 0 Å². The summed E-state index contributed by atoms with van der Waals surface area (Å²) in [6.07, 6.45) is 0.783. The number of hydrogen-bond donors (Lipinski definition) is 1. The zero-order chi connectivity index (χ0) is 10.7. The lowest BCUT2D eigenvalue weighted by atomic mass is 10.2. The fourth-order valence-electron chi connectivity index (χ4n) is 1.21. The van der Waals surface area contributed by atoms with Gasteiger partial charge in [0.15, 0.2) is 5.82 Å². The van der Waals surface area contributed by atoms with E-state index in [4.69, 9.17) is 4.52 Å². The van der Waals surface area contributed by atoms with Crippen molar-refractivity contribution in [1.82, 2.24) is 15.5 Å². The molecule has 1 unspecified atom stereocenters. The van der Waals surface area contributed by atoms with Crippen LogP contribution in [0.3, 0.4) is 0 Å². The molecule has 4 nitrogen and oxygen atoms in total. The fourth-order valence-corrected chi connectivity index (χ4v) is 1.86. The molecule has 1 N–H and O–H groups in total. The van der Waals surface area contributed by atoms with Gasteiger partial charge in [0.05, 0.1) is 4.88 Å². The summed E-state index contributed by atoms with van der Waals surface area (Å²) in [4.78, 5) is 5.35. The molecule has 16 heavy (non-hydrogen) atoms. The lowest BCUT2D eigenvalue weighted by molar-refractivity contribution is 0.419. The number of likely N-dealkylation sites (N-methyl/N-ethyl adjacent to an activating group) is 1. The summed E-state index contributed by atoms with van der Waals surface area (Å²) in [6.45, 7) is 2.08. The van der Waals surface area contributed by atoms with Gasteiger partial charge < -0.3 is 9.84 Å². The van der Waals surface area contributed by atoms with Crippen LogP contribution in [0.1, 0.15) is 12.7 Å². The molecule has 0 saturated heterocycles. The van der Waals surface area contributed by atoms with Crippen LogP contribution < -0.4 is 5.32 Å². The smallest absolute Gasteiger partial charge is 0.267 e. The fraction of sp³-hybridized carbons (Fsp3) is 0.400. The van der Waals surface area contributed by atoms with Gasteiger partial charge in [-0.15, -0.1) is 23.7 Å². The highest BCUT2D eigenvalue weighted by Crippen LogP contribution is 2.22. The molecule has 0 fully saturated rings. The zero-order valence-electron chi connectivity index (χ0n) is 9.14. The van der Waals surface area contributed by atoms with Crippen LogP contribution in [-0.4, -0.2) is 23.2 Å². The summed E-state index contributed by atoms with van der Waals surface area (Å²) in [5.74, 6) is 1.36. The van der Waals surface area contributed by atoms with Crippen molar-refractivity contribution >= 4 is 23.7 Å². The first-order valence-corrected chi connectivity index (χ1v) is 5.71. The molecule has 1 atom stereocenters. The van der Waals surface area contributed by atoms with Gasteiger partial charge in [-0.3, -0.25) is 0 Å². The maximum Gasteiger partial charge on any atom is 0.267 e. The molecular weight excluding hydrogens is 246 g/mol. The highest BCUT2D eigenvalue weighted by Gasteiger charge is 2.11. The van der Waals surface area contributed by atoms with Gasteiger partial charge in [0.2, 0.25) is 0 Å². The molecule has 0 aliphatic heterocycles. The summed E-state index contributed by atoms with van der Waals surface area (Å²) >= 11 is 1.60. The Morgan fingerprint density at radius 1 is 1.56 bits per heavy atom. The number of halogens is 1. The average Bonchev–Trinajstić information content (AvgIpc) is 2.85. The maximum absolute atomic E-state index is 5.18. The van der Waals surface area contributed by atoms with Gasteiger partial charge in [-0.2, -0.15) is 4.98 Å². The Labute approximate surface area is 104 Å². The van der Waals surface area contributed by atoms with Gasteiger partial charge in [-0.25, -0.2) is 0 Å². The molecule has 0 aliphatic rings. The molecule has 2 aromatic heterocycles. The minimum atomic E-state index is 0. The Bertz CT molecular complexity index is 415. The lowest BCUT2D eigenvalue weighted by Gasteiger charge is -2.04. The molecule has 0 aromatic carbocycles. The Morgan fingerprint density at radius 3 is 3.00 bits per heavy atom. The lowest BCUT2D eigenvalue weighted by Crippen LogP contribution is -2.24. The third-order valence-corrected chi connectivity index (χ3v) is 3.04. The number of aromatic nitrogens is 2. The Morgan fingerprint density at radius 2 is 2.38 bits per heavy atom. The molecule has 2 aromatic rings. The number of nitrogens with zero attached hydrogens (tertiary/aromatic N) is 2. The summed E-state index contributed by atoms with van der Waals surface area (Å²) in [6, 6.07) is 4.31. The predicted molar refractivity (Wildman–Crippen MR) is 67.1 cm³/mol. The van der Waals surface area contributed by atoms with Crippen LogP contribution in [0.25, 0.3) is 10.8 Å². The van der Waals surface area contributed by atoms with E-state index in [0.717, 1.165) is 17.1 Å². The number of hydrogen-bond acceptors (Lipinski definition) is 5. The molecule has 0 aliphatic carbocycles. The van der Waals surface area contributed by atoms with E-state index in [1.165, 1.54) is 0 Å². The topological polar surface area (TPSA) is 51.0 Å². The molecule has 0 radical (unpaired) electrons. The van der Waals surface area contributed by atoms with Gasteiger partial charge in [0, 0.05) is 12.5 Å². The van der Waals surface area contributed by atoms with Crippen LogP contribution in [-0.2, 0) is 6.42 Å². The molecule has 0 saturated carbocycles. The van der Waals surface area contributed by atoms with Crippen molar-refractivity contribution < 1.29 is 4.52 Å². The van der Waals surface area contributed by atoms with Gasteiger partial charge in [0.25, 0.3) is 5.89 Å². The third kappa shape index (κ3) is 3.04. The van der Waals surface area contributed by atoms with E-state index in [2.05, 4.69) is 22.4 Å². The van der Waals surface area contributed by atoms with Crippen molar-refractivity contribution in [2.45, 2.75) is 19.4 Å². The van der Waals surface area contributed by atoms with E-state index in [-0.39, 0.29) is 12.4 Å². The summed E-state index contributed by atoms with van der Waals surface area (Å²) < 4.78 is 5.18. The highest BCUT2D eigenvalue weighted by molar-refractivity contribution is 7.13. The van der Waals surface area contributed by atoms with Crippen molar-refractivity contribution in [2.75, 3.05) is 7.05 Å². The zero-order valence-corrected chi connectivity index (χ0v) is 10.8. The van der Waals surface area contributed by atoms with E-state index in [1.807, 2.05) is 24.6 Å². The second-order valence-corrected chi connectivity index (χ2v) is 4.33. The molecule has 88 valence electrons. The third-order valence-electron chi connectivity index (χ3n) is 2.18. The second kappa shape index (κ2) is 5.98. The Kier molecular flexibility index (Phi) is 4.92. The van der Waals surface area contributed by atoms with E-state index >= 15 is 0 Å². The van der Waals surface area contributed by atoms with E-state index < -0.39 is 0 Å². The second-order valence-electron chi connectivity index (χ2n) is 3.39. The molecule has 2 heterocycles. The predicted octanol–water partition coefficient (Wildman–Crippen LogP) is 2.37. The van der Waals surface area contributed by atoms with Crippen LogP contribution in [0.15, 0.2) is 22.0 Å². The van der Waals surface area contributed by atoms with Crippen molar-refractivity contribution in [3.05, 3.63) is 23.3 Å². The largest absolute Gasteiger partial charge is 0.333 e. The van der Waals surface area contributed by atoms with Crippen molar-refractivity contribution in [2.24, 2.45) is 0 Å². The van der Waals surface area contributed by atoms with E-state index in [9.17, 15) is 0 Å². The quantitative estimate of drug-likeness (QED) is 0.916. The maximum atomic E-state index is 5.18. The number of thiophene rings is 1. The number of nitrogens with one attached hydrogen (secondary N) is 1. The number of rotatable bonds is 4. The minimum absolute atomic E-state index is 0. The summed E-state index contributed by atoms with van der Waals surface area (Å²) in [5, 5.41) is 9.07. The molecule has 0 spiro atoms. The molecule has 2 rings (SSSR count). The Balaban J connectivity index is 0.00000128.